The maximum atomic E-state index is 11.9. The van der Waals surface area contributed by atoms with E-state index in [0.717, 1.165) is 11.3 Å². The van der Waals surface area contributed by atoms with Crippen LogP contribution >= 0.6 is 11.3 Å². The highest BCUT2D eigenvalue weighted by Crippen LogP contribution is 2.20. The molecule has 0 bridgehead atoms. The molecule has 2 aromatic rings. The van der Waals surface area contributed by atoms with Gasteiger partial charge in [-0.2, -0.15) is 0 Å². The molecule has 0 unspecified atom stereocenters. The number of carbonyl (C=O) groups excluding carboxylic acids is 1. The third-order valence-corrected chi connectivity index (χ3v) is 5.22. The predicted octanol–water partition coefficient (Wildman–Crippen LogP) is 4.10. The van der Waals surface area contributed by atoms with Gasteiger partial charge in [-0.1, -0.05) is 31.0 Å². The normalized spacial score (nSPS) is 15.2. The summed E-state index contributed by atoms with van der Waals surface area (Å²) in [6, 6.07) is 12.6. The Morgan fingerprint density at radius 2 is 1.78 bits per heavy atom. The van der Waals surface area contributed by atoms with E-state index in [1.807, 2.05) is 17.5 Å². The number of carbonyl (C=O) groups is 1. The number of nitrogens with zero attached hydrogens (tertiary/aromatic N) is 1. The first-order valence-electron chi connectivity index (χ1n) is 8.48. The van der Waals surface area contributed by atoms with Crippen LogP contribution in [0.1, 0.15) is 40.9 Å². The van der Waals surface area contributed by atoms with Gasteiger partial charge in [0.2, 0.25) is 0 Å². The van der Waals surface area contributed by atoms with Gasteiger partial charge >= 0.3 is 0 Å². The van der Waals surface area contributed by atoms with Gasteiger partial charge in [0.15, 0.2) is 0 Å². The number of thiophene rings is 1. The number of benzene rings is 1. The second kappa shape index (κ2) is 8.16. The Kier molecular flexibility index (Phi) is 5.70. The number of rotatable bonds is 5. The average molecular weight is 328 g/mol. The molecule has 1 saturated heterocycles. The SMILES string of the molecule is O=C(NCCc1ccc(N2CCCCCC2)cc1)c1cccs1. The van der Waals surface area contributed by atoms with Gasteiger partial charge in [-0.25, -0.2) is 0 Å². The van der Waals surface area contributed by atoms with Crippen molar-refractivity contribution in [3.8, 4) is 0 Å². The van der Waals surface area contributed by atoms with Gasteiger partial charge in [0.1, 0.15) is 0 Å². The molecule has 0 saturated carbocycles. The number of hydrogen-bond donors (Lipinski definition) is 1. The Labute approximate surface area is 142 Å². The lowest BCUT2D eigenvalue weighted by molar-refractivity contribution is 0.0958. The Bertz CT molecular complexity index is 599. The van der Waals surface area contributed by atoms with Crippen molar-refractivity contribution in [2.45, 2.75) is 32.1 Å². The van der Waals surface area contributed by atoms with Crippen LogP contribution in [0.3, 0.4) is 0 Å². The van der Waals surface area contributed by atoms with Gasteiger partial charge in [0.25, 0.3) is 5.91 Å². The van der Waals surface area contributed by atoms with E-state index in [9.17, 15) is 4.79 Å². The minimum atomic E-state index is 0.0289. The minimum absolute atomic E-state index is 0.0289. The summed E-state index contributed by atoms with van der Waals surface area (Å²) >= 11 is 1.48. The molecule has 4 heteroatoms. The average Bonchev–Trinajstić information content (AvgIpc) is 2.98. The van der Waals surface area contributed by atoms with Crippen LogP contribution in [0.15, 0.2) is 41.8 Å². The standard InChI is InChI=1S/C19H24N2OS/c22-19(18-6-5-15-23-18)20-12-11-16-7-9-17(10-8-16)21-13-3-1-2-4-14-21/h5-10,15H,1-4,11-14H2,(H,20,22). The van der Waals surface area contributed by atoms with E-state index in [4.69, 9.17) is 0 Å². The summed E-state index contributed by atoms with van der Waals surface area (Å²) in [6.45, 7) is 3.03. The molecule has 3 rings (SSSR count). The molecule has 0 radical (unpaired) electrons. The second-order valence-electron chi connectivity index (χ2n) is 6.05. The van der Waals surface area contributed by atoms with Crippen LogP contribution in [-0.2, 0) is 6.42 Å². The van der Waals surface area contributed by atoms with Crippen molar-refractivity contribution in [2.75, 3.05) is 24.5 Å². The summed E-state index contributed by atoms with van der Waals surface area (Å²) in [4.78, 5) is 15.2. The van der Waals surface area contributed by atoms with E-state index < -0.39 is 0 Å². The van der Waals surface area contributed by atoms with Crippen molar-refractivity contribution in [1.82, 2.24) is 5.32 Å². The highest BCUT2D eigenvalue weighted by atomic mass is 32.1. The van der Waals surface area contributed by atoms with E-state index in [-0.39, 0.29) is 5.91 Å². The lowest BCUT2D eigenvalue weighted by Crippen LogP contribution is -2.25. The van der Waals surface area contributed by atoms with Gasteiger partial charge in [-0.15, -0.1) is 11.3 Å². The first-order valence-corrected chi connectivity index (χ1v) is 9.36. The quantitative estimate of drug-likeness (QED) is 0.896. The van der Waals surface area contributed by atoms with E-state index in [0.29, 0.717) is 6.54 Å². The van der Waals surface area contributed by atoms with E-state index in [1.165, 1.54) is 61.4 Å². The molecule has 0 atom stereocenters. The minimum Gasteiger partial charge on any atom is -0.372 e. The molecular formula is C19H24N2OS. The number of amides is 1. The fraction of sp³-hybridized carbons (Fsp3) is 0.421. The molecule has 1 aliphatic heterocycles. The molecule has 1 N–H and O–H groups in total. The van der Waals surface area contributed by atoms with Crippen molar-refractivity contribution in [1.29, 1.82) is 0 Å². The number of hydrogen-bond acceptors (Lipinski definition) is 3. The van der Waals surface area contributed by atoms with Crippen molar-refractivity contribution in [3.63, 3.8) is 0 Å². The molecular weight excluding hydrogens is 304 g/mol. The van der Waals surface area contributed by atoms with Crippen molar-refractivity contribution in [3.05, 3.63) is 52.2 Å². The molecule has 0 aliphatic carbocycles. The molecule has 0 spiro atoms. The zero-order valence-corrected chi connectivity index (χ0v) is 14.3. The summed E-state index contributed by atoms with van der Waals surface area (Å²) in [5.41, 5.74) is 2.60. The highest BCUT2D eigenvalue weighted by Gasteiger charge is 2.10. The van der Waals surface area contributed by atoms with Crippen LogP contribution in [-0.4, -0.2) is 25.5 Å². The molecule has 1 aliphatic rings. The van der Waals surface area contributed by atoms with Gasteiger partial charge in [0, 0.05) is 25.3 Å². The first kappa shape index (κ1) is 16.1. The molecule has 1 fully saturated rings. The van der Waals surface area contributed by atoms with Gasteiger partial charge in [0.05, 0.1) is 4.88 Å². The predicted molar refractivity (Wildman–Crippen MR) is 97.5 cm³/mol. The second-order valence-corrected chi connectivity index (χ2v) is 7.00. The van der Waals surface area contributed by atoms with Crippen molar-refractivity contribution >= 4 is 22.9 Å². The van der Waals surface area contributed by atoms with Crippen LogP contribution in [0.5, 0.6) is 0 Å². The lowest BCUT2D eigenvalue weighted by Gasteiger charge is -2.22. The molecule has 122 valence electrons. The molecule has 1 aromatic carbocycles. The zero-order chi connectivity index (χ0) is 15.9. The number of anilines is 1. The highest BCUT2D eigenvalue weighted by molar-refractivity contribution is 7.12. The summed E-state index contributed by atoms with van der Waals surface area (Å²) in [6.07, 6.45) is 6.20. The zero-order valence-electron chi connectivity index (χ0n) is 13.5. The Morgan fingerprint density at radius 1 is 1.04 bits per heavy atom. The van der Waals surface area contributed by atoms with Gasteiger partial charge in [-0.05, 0) is 48.4 Å². The lowest BCUT2D eigenvalue weighted by atomic mass is 10.1. The number of nitrogens with one attached hydrogen (secondary N) is 1. The largest absolute Gasteiger partial charge is 0.372 e. The maximum Gasteiger partial charge on any atom is 0.261 e. The Hall–Kier alpha value is -1.81. The smallest absolute Gasteiger partial charge is 0.261 e. The van der Waals surface area contributed by atoms with E-state index in [2.05, 4.69) is 34.5 Å². The third-order valence-electron chi connectivity index (χ3n) is 4.35. The fourth-order valence-electron chi connectivity index (χ4n) is 3.02. The van der Waals surface area contributed by atoms with Gasteiger partial charge < -0.3 is 10.2 Å². The van der Waals surface area contributed by atoms with Gasteiger partial charge in [-0.3, -0.25) is 4.79 Å². The summed E-state index contributed by atoms with van der Waals surface area (Å²) in [5, 5.41) is 4.91. The topological polar surface area (TPSA) is 32.3 Å². The van der Waals surface area contributed by atoms with E-state index >= 15 is 0 Å². The summed E-state index contributed by atoms with van der Waals surface area (Å²) in [5.74, 6) is 0.0289. The molecule has 1 amide bonds. The fourth-order valence-corrected chi connectivity index (χ4v) is 3.66. The maximum absolute atomic E-state index is 11.9. The molecule has 23 heavy (non-hydrogen) atoms. The van der Waals surface area contributed by atoms with Crippen LogP contribution < -0.4 is 10.2 Å². The summed E-state index contributed by atoms with van der Waals surface area (Å²) in [7, 11) is 0. The first-order chi connectivity index (χ1) is 11.3. The van der Waals surface area contributed by atoms with Crippen LogP contribution in [0, 0.1) is 0 Å². The molecule has 2 heterocycles. The van der Waals surface area contributed by atoms with Crippen LogP contribution in [0.4, 0.5) is 5.69 Å². The third kappa shape index (κ3) is 4.58. The van der Waals surface area contributed by atoms with Crippen molar-refractivity contribution in [2.24, 2.45) is 0 Å². The monoisotopic (exact) mass is 328 g/mol. The van der Waals surface area contributed by atoms with Crippen molar-refractivity contribution < 1.29 is 4.79 Å². The van der Waals surface area contributed by atoms with Crippen LogP contribution in [0.25, 0.3) is 0 Å². The Balaban J connectivity index is 1.48. The van der Waals surface area contributed by atoms with E-state index in [1.54, 1.807) is 0 Å². The molecule has 1 aromatic heterocycles. The molecule has 3 nitrogen and oxygen atoms in total. The summed E-state index contributed by atoms with van der Waals surface area (Å²) < 4.78 is 0. The Morgan fingerprint density at radius 3 is 2.43 bits per heavy atom. The van der Waals surface area contributed by atoms with Crippen LogP contribution in [0.2, 0.25) is 0 Å².